The lowest BCUT2D eigenvalue weighted by Gasteiger charge is -1.94. The van der Waals surface area contributed by atoms with Crippen molar-refractivity contribution in [3.8, 4) is 0 Å². The van der Waals surface area contributed by atoms with Crippen LogP contribution in [0.1, 0.15) is 25.5 Å². The third-order valence-electron chi connectivity index (χ3n) is 1.16. The number of hydrogen-bond donors (Lipinski definition) is 0. The van der Waals surface area contributed by atoms with Gasteiger partial charge in [-0.3, -0.25) is 0 Å². The summed E-state index contributed by atoms with van der Waals surface area (Å²) in [7, 11) is 0. The summed E-state index contributed by atoms with van der Waals surface area (Å²) in [5, 5.41) is 0. The zero-order chi connectivity index (χ0) is 6.85. The summed E-state index contributed by atoms with van der Waals surface area (Å²) in [6.07, 6.45) is 1.12. The maximum absolute atomic E-state index is 12.2. The Morgan fingerprint density at radius 2 is 2.22 bits per heavy atom. The molecule has 1 aromatic heterocycles. The van der Waals surface area contributed by atoms with E-state index in [2.05, 4.69) is 0 Å². The van der Waals surface area contributed by atoms with E-state index >= 15 is 0 Å². The smallest absolute Gasteiger partial charge is 0.161 e. The van der Waals surface area contributed by atoms with Crippen molar-refractivity contribution in [3.05, 3.63) is 23.9 Å². The second-order valence-corrected chi connectivity index (χ2v) is 2.32. The van der Waals surface area contributed by atoms with Crippen LogP contribution in [0.3, 0.4) is 0 Å². The van der Waals surface area contributed by atoms with Gasteiger partial charge in [-0.15, -0.1) is 0 Å². The summed E-state index contributed by atoms with van der Waals surface area (Å²) in [5.41, 5.74) is 0. The molecule has 0 saturated carbocycles. The molecule has 2 heteroatoms. The molecule has 0 N–H and O–H groups in total. The Bertz CT molecular complexity index is 191. The Kier molecular flexibility index (Phi) is 1.56. The zero-order valence-corrected chi connectivity index (χ0v) is 5.52. The van der Waals surface area contributed by atoms with E-state index in [1.54, 1.807) is 0 Å². The van der Waals surface area contributed by atoms with E-state index < -0.39 is 0 Å². The Labute approximate surface area is 53.5 Å². The average molecular weight is 128 g/mol. The fourth-order valence-electron chi connectivity index (χ4n) is 0.631. The van der Waals surface area contributed by atoms with Gasteiger partial charge >= 0.3 is 0 Å². The Morgan fingerprint density at radius 3 is 2.44 bits per heavy atom. The summed E-state index contributed by atoms with van der Waals surface area (Å²) in [6, 6.07) is 1.41. The molecule has 1 heterocycles. The monoisotopic (exact) mass is 128 g/mol. The first-order valence-corrected chi connectivity index (χ1v) is 2.94. The highest BCUT2D eigenvalue weighted by atomic mass is 19.1. The van der Waals surface area contributed by atoms with E-state index in [1.165, 1.54) is 6.07 Å². The van der Waals surface area contributed by atoms with Gasteiger partial charge in [0.15, 0.2) is 5.82 Å². The lowest BCUT2D eigenvalue weighted by atomic mass is 10.2. The van der Waals surface area contributed by atoms with Crippen LogP contribution in [-0.2, 0) is 0 Å². The SMILES string of the molecule is CC(C)c1cc(F)co1. The van der Waals surface area contributed by atoms with Crippen LogP contribution in [0.2, 0.25) is 0 Å². The molecule has 50 valence electrons. The molecule has 0 fully saturated rings. The van der Waals surface area contributed by atoms with E-state index in [-0.39, 0.29) is 11.7 Å². The Balaban J connectivity index is 2.85. The van der Waals surface area contributed by atoms with Gasteiger partial charge in [0.25, 0.3) is 0 Å². The number of hydrogen-bond acceptors (Lipinski definition) is 1. The molecular formula is C7H9FO. The molecule has 0 atom stereocenters. The minimum Gasteiger partial charge on any atom is -0.466 e. The lowest BCUT2D eigenvalue weighted by molar-refractivity contribution is 0.475. The van der Waals surface area contributed by atoms with Crippen molar-refractivity contribution >= 4 is 0 Å². The minimum atomic E-state index is -0.293. The van der Waals surface area contributed by atoms with Gasteiger partial charge in [-0.2, -0.15) is 0 Å². The minimum absolute atomic E-state index is 0.273. The molecule has 0 aliphatic rings. The van der Waals surface area contributed by atoms with Crippen LogP contribution < -0.4 is 0 Å². The van der Waals surface area contributed by atoms with Gasteiger partial charge in [0, 0.05) is 12.0 Å². The van der Waals surface area contributed by atoms with Crippen LogP contribution in [0, 0.1) is 5.82 Å². The third-order valence-corrected chi connectivity index (χ3v) is 1.16. The highest BCUT2D eigenvalue weighted by molar-refractivity contribution is 5.04. The Morgan fingerprint density at radius 1 is 1.56 bits per heavy atom. The summed E-state index contributed by atoms with van der Waals surface area (Å²) < 4.78 is 17.0. The van der Waals surface area contributed by atoms with E-state index in [1.807, 2.05) is 13.8 Å². The predicted octanol–water partition coefficient (Wildman–Crippen LogP) is 2.54. The first-order chi connectivity index (χ1) is 4.20. The molecule has 1 aromatic rings. The molecular weight excluding hydrogens is 119 g/mol. The average Bonchev–Trinajstić information content (AvgIpc) is 2.14. The number of halogens is 1. The van der Waals surface area contributed by atoms with E-state index in [4.69, 9.17) is 4.42 Å². The standard InChI is InChI=1S/C7H9FO/c1-5(2)7-3-6(8)4-9-7/h3-5H,1-2H3. The largest absolute Gasteiger partial charge is 0.466 e. The van der Waals surface area contributed by atoms with E-state index in [0.29, 0.717) is 5.76 Å². The molecule has 0 amide bonds. The maximum Gasteiger partial charge on any atom is 0.161 e. The molecule has 1 rings (SSSR count). The molecule has 0 bridgehead atoms. The van der Waals surface area contributed by atoms with E-state index in [0.717, 1.165) is 6.26 Å². The summed E-state index contributed by atoms with van der Waals surface area (Å²) >= 11 is 0. The molecule has 0 aliphatic heterocycles. The first-order valence-electron chi connectivity index (χ1n) is 2.94. The lowest BCUT2D eigenvalue weighted by Crippen LogP contribution is -1.80. The van der Waals surface area contributed by atoms with Crippen molar-refractivity contribution in [1.29, 1.82) is 0 Å². The number of furan rings is 1. The Hall–Kier alpha value is -0.790. The van der Waals surface area contributed by atoms with Gasteiger partial charge in [0.2, 0.25) is 0 Å². The van der Waals surface area contributed by atoms with Crippen molar-refractivity contribution in [2.75, 3.05) is 0 Å². The topological polar surface area (TPSA) is 13.1 Å². The zero-order valence-electron chi connectivity index (χ0n) is 5.52. The number of rotatable bonds is 1. The summed E-state index contributed by atoms with van der Waals surface area (Å²) in [4.78, 5) is 0. The van der Waals surface area contributed by atoms with Crippen LogP contribution in [-0.4, -0.2) is 0 Å². The molecule has 0 radical (unpaired) electrons. The second-order valence-electron chi connectivity index (χ2n) is 2.32. The van der Waals surface area contributed by atoms with Crippen LogP contribution >= 0.6 is 0 Å². The fraction of sp³-hybridized carbons (Fsp3) is 0.429. The van der Waals surface area contributed by atoms with Crippen LogP contribution in [0.15, 0.2) is 16.7 Å². The van der Waals surface area contributed by atoms with Gasteiger partial charge in [-0.05, 0) is 0 Å². The molecule has 0 spiro atoms. The van der Waals surface area contributed by atoms with Crippen LogP contribution in [0.5, 0.6) is 0 Å². The fourth-order valence-corrected chi connectivity index (χ4v) is 0.631. The van der Waals surface area contributed by atoms with Crippen molar-refractivity contribution in [1.82, 2.24) is 0 Å². The van der Waals surface area contributed by atoms with Crippen molar-refractivity contribution in [3.63, 3.8) is 0 Å². The first kappa shape index (κ1) is 6.33. The van der Waals surface area contributed by atoms with Gasteiger partial charge in [0.1, 0.15) is 12.0 Å². The molecule has 0 aromatic carbocycles. The van der Waals surface area contributed by atoms with Crippen LogP contribution in [0.4, 0.5) is 4.39 Å². The van der Waals surface area contributed by atoms with Crippen molar-refractivity contribution in [2.45, 2.75) is 19.8 Å². The highest BCUT2D eigenvalue weighted by Crippen LogP contribution is 2.15. The molecule has 0 saturated heterocycles. The highest BCUT2D eigenvalue weighted by Gasteiger charge is 2.03. The predicted molar refractivity (Wildman–Crippen MR) is 32.8 cm³/mol. The normalized spacial score (nSPS) is 10.7. The van der Waals surface area contributed by atoms with Gasteiger partial charge in [-0.1, -0.05) is 13.8 Å². The summed E-state index contributed by atoms with van der Waals surface area (Å²) in [6.45, 7) is 3.91. The summed E-state index contributed by atoms with van der Waals surface area (Å²) in [5.74, 6) is 0.681. The third kappa shape index (κ3) is 1.31. The van der Waals surface area contributed by atoms with Gasteiger partial charge in [0.05, 0.1) is 0 Å². The van der Waals surface area contributed by atoms with E-state index in [9.17, 15) is 4.39 Å². The molecule has 9 heavy (non-hydrogen) atoms. The molecule has 0 aliphatic carbocycles. The maximum atomic E-state index is 12.2. The van der Waals surface area contributed by atoms with Crippen LogP contribution in [0.25, 0.3) is 0 Å². The second kappa shape index (κ2) is 2.21. The van der Waals surface area contributed by atoms with Crippen molar-refractivity contribution < 1.29 is 8.81 Å². The van der Waals surface area contributed by atoms with Gasteiger partial charge in [-0.25, -0.2) is 4.39 Å². The molecule has 0 unspecified atom stereocenters. The molecule has 1 nitrogen and oxygen atoms in total. The van der Waals surface area contributed by atoms with Gasteiger partial charge < -0.3 is 4.42 Å². The van der Waals surface area contributed by atoms with Crippen molar-refractivity contribution in [2.24, 2.45) is 0 Å². The quantitative estimate of drug-likeness (QED) is 0.566.